The molecule has 0 aliphatic heterocycles. The zero-order valence-corrected chi connectivity index (χ0v) is 15.2. The summed E-state index contributed by atoms with van der Waals surface area (Å²) in [7, 11) is 0. The molecule has 0 bridgehead atoms. The summed E-state index contributed by atoms with van der Waals surface area (Å²) in [4.78, 5) is 12.5. The number of aromatic nitrogens is 3. The molecule has 0 radical (unpaired) electrons. The Morgan fingerprint density at radius 3 is 2.64 bits per heavy atom. The second-order valence-corrected chi connectivity index (χ2v) is 6.44. The highest BCUT2D eigenvalue weighted by molar-refractivity contribution is 6.31. The molecule has 2 aromatic carbocycles. The molecule has 0 aliphatic carbocycles. The van der Waals surface area contributed by atoms with E-state index in [1.165, 1.54) is 12.1 Å². The molecule has 0 spiro atoms. The predicted molar refractivity (Wildman–Crippen MR) is 103 cm³/mol. The van der Waals surface area contributed by atoms with Gasteiger partial charge in [0.15, 0.2) is 0 Å². The number of carbonyl (C=O) groups excluding carboxylic acids is 1. The maximum Gasteiger partial charge on any atom is 0.241 e. The van der Waals surface area contributed by atoms with Crippen molar-refractivity contribution in [2.24, 2.45) is 0 Å². The van der Waals surface area contributed by atoms with Crippen LogP contribution in [-0.4, -0.2) is 21.3 Å². The van der Waals surface area contributed by atoms with Crippen LogP contribution in [0.5, 0.6) is 0 Å². The maximum absolute atomic E-state index is 13.3. The number of halogens is 2. The fourth-order valence-corrected chi connectivity index (χ4v) is 3.01. The quantitative estimate of drug-likeness (QED) is 0.512. The molecular weight excluding hydrogens is 383 g/mol. The van der Waals surface area contributed by atoms with E-state index in [1.54, 1.807) is 42.6 Å². The van der Waals surface area contributed by atoms with Crippen LogP contribution in [0, 0.1) is 5.82 Å². The molecule has 4 aromatic rings. The molecule has 0 unspecified atom stereocenters. The van der Waals surface area contributed by atoms with Crippen molar-refractivity contribution >= 4 is 23.4 Å². The third-order valence-electron chi connectivity index (χ3n) is 4.14. The third kappa shape index (κ3) is 3.65. The van der Waals surface area contributed by atoms with Crippen LogP contribution in [0.15, 0.2) is 65.3 Å². The number of amides is 1. The number of hydrogen-bond acceptors (Lipinski definition) is 4. The Balaban J connectivity index is 1.66. The molecule has 0 saturated carbocycles. The molecule has 2 heterocycles. The number of benzene rings is 2. The minimum absolute atomic E-state index is 0.0780. The molecule has 140 valence electrons. The standard InChI is InChI=1S/C20H14ClFN4O2/c21-15-4-2-1-3-13(15)11-17(27)24-20-18(16-9-10-23-25-16)19(26-28-20)12-5-7-14(22)8-6-12/h1-10H,11H2,(H,23,25)(H,24,27). The first-order chi connectivity index (χ1) is 13.6. The van der Waals surface area contributed by atoms with E-state index in [0.717, 1.165) is 0 Å². The summed E-state index contributed by atoms with van der Waals surface area (Å²) in [5.41, 5.74) is 2.92. The van der Waals surface area contributed by atoms with Gasteiger partial charge in [-0.3, -0.25) is 15.2 Å². The fraction of sp³-hybridized carbons (Fsp3) is 0.0500. The van der Waals surface area contributed by atoms with Gasteiger partial charge in [-0.15, -0.1) is 0 Å². The Kier molecular flexibility index (Phi) is 4.90. The Morgan fingerprint density at radius 1 is 1.14 bits per heavy atom. The van der Waals surface area contributed by atoms with Crippen LogP contribution < -0.4 is 5.32 Å². The molecular formula is C20H14ClFN4O2. The maximum atomic E-state index is 13.3. The number of nitrogens with zero attached hydrogens (tertiary/aromatic N) is 2. The molecule has 2 aromatic heterocycles. The van der Waals surface area contributed by atoms with Gasteiger partial charge in [-0.2, -0.15) is 5.10 Å². The summed E-state index contributed by atoms with van der Waals surface area (Å²) < 4.78 is 18.7. The smallest absolute Gasteiger partial charge is 0.241 e. The van der Waals surface area contributed by atoms with Crippen LogP contribution in [0.1, 0.15) is 5.56 Å². The van der Waals surface area contributed by atoms with E-state index in [4.69, 9.17) is 16.1 Å². The van der Waals surface area contributed by atoms with E-state index in [0.29, 0.717) is 33.1 Å². The first-order valence-electron chi connectivity index (χ1n) is 8.40. The van der Waals surface area contributed by atoms with Gasteiger partial charge in [0, 0.05) is 16.8 Å². The first-order valence-corrected chi connectivity index (χ1v) is 8.78. The van der Waals surface area contributed by atoms with Gasteiger partial charge in [0.1, 0.15) is 11.5 Å². The number of hydrogen-bond donors (Lipinski definition) is 2. The van der Waals surface area contributed by atoms with Gasteiger partial charge < -0.3 is 4.52 Å². The average Bonchev–Trinajstić information content (AvgIpc) is 3.34. The number of H-pyrrole nitrogens is 1. The lowest BCUT2D eigenvalue weighted by Gasteiger charge is -2.06. The zero-order valence-electron chi connectivity index (χ0n) is 14.4. The normalized spacial score (nSPS) is 10.8. The molecule has 6 nitrogen and oxygen atoms in total. The molecule has 0 atom stereocenters. The monoisotopic (exact) mass is 396 g/mol. The van der Waals surface area contributed by atoms with Gasteiger partial charge in [-0.25, -0.2) is 4.39 Å². The van der Waals surface area contributed by atoms with Crippen molar-refractivity contribution in [1.82, 2.24) is 15.4 Å². The minimum Gasteiger partial charge on any atom is -0.337 e. The summed E-state index contributed by atoms with van der Waals surface area (Å²) >= 11 is 6.12. The first kappa shape index (κ1) is 17.9. The van der Waals surface area contributed by atoms with Crippen molar-refractivity contribution in [2.45, 2.75) is 6.42 Å². The highest BCUT2D eigenvalue weighted by Crippen LogP contribution is 2.36. The van der Waals surface area contributed by atoms with E-state index in [-0.39, 0.29) is 24.0 Å². The van der Waals surface area contributed by atoms with Gasteiger partial charge in [-0.05, 0) is 42.0 Å². The second-order valence-electron chi connectivity index (χ2n) is 6.03. The topological polar surface area (TPSA) is 83.8 Å². The number of carbonyl (C=O) groups is 1. The van der Waals surface area contributed by atoms with Gasteiger partial charge >= 0.3 is 0 Å². The number of rotatable bonds is 5. The summed E-state index contributed by atoms with van der Waals surface area (Å²) in [6, 6.07) is 14.7. The molecule has 1 amide bonds. The van der Waals surface area contributed by atoms with Crippen molar-refractivity contribution in [2.75, 3.05) is 5.32 Å². The predicted octanol–water partition coefficient (Wildman–Crippen LogP) is 4.71. The Bertz CT molecular complexity index is 1110. The highest BCUT2D eigenvalue weighted by atomic mass is 35.5. The third-order valence-corrected chi connectivity index (χ3v) is 4.51. The van der Waals surface area contributed by atoms with Crippen LogP contribution in [0.3, 0.4) is 0 Å². The van der Waals surface area contributed by atoms with E-state index in [9.17, 15) is 9.18 Å². The van der Waals surface area contributed by atoms with Crippen molar-refractivity contribution in [3.63, 3.8) is 0 Å². The van der Waals surface area contributed by atoms with Crippen LogP contribution in [0.2, 0.25) is 5.02 Å². The number of anilines is 1. The largest absolute Gasteiger partial charge is 0.337 e. The summed E-state index contributed by atoms with van der Waals surface area (Å²) in [6.45, 7) is 0. The molecule has 0 fully saturated rings. The Hall–Kier alpha value is -3.45. The lowest BCUT2D eigenvalue weighted by Crippen LogP contribution is -2.14. The van der Waals surface area contributed by atoms with Crippen LogP contribution in [-0.2, 0) is 11.2 Å². The average molecular weight is 397 g/mol. The van der Waals surface area contributed by atoms with Crippen LogP contribution in [0.25, 0.3) is 22.5 Å². The van der Waals surface area contributed by atoms with Gasteiger partial charge in [0.05, 0.1) is 17.7 Å². The van der Waals surface area contributed by atoms with E-state index < -0.39 is 0 Å². The molecule has 0 aliphatic rings. The van der Waals surface area contributed by atoms with E-state index >= 15 is 0 Å². The van der Waals surface area contributed by atoms with Crippen LogP contribution in [0.4, 0.5) is 10.3 Å². The van der Waals surface area contributed by atoms with Crippen LogP contribution >= 0.6 is 11.6 Å². The summed E-state index contributed by atoms with van der Waals surface area (Å²) in [5.74, 6) is -0.500. The summed E-state index contributed by atoms with van der Waals surface area (Å²) in [5, 5.41) is 14.1. The second kappa shape index (κ2) is 7.66. The number of nitrogens with one attached hydrogen (secondary N) is 2. The van der Waals surface area contributed by atoms with Crippen molar-refractivity contribution in [1.29, 1.82) is 0 Å². The lowest BCUT2D eigenvalue weighted by atomic mass is 10.0. The SMILES string of the molecule is O=C(Cc1ccccc1Cl)Nc1onc(-c2ccc(F)cc2)c1-c1ccn[nH]1. The molecule has 2 N–H and O–H groups in total. The molecule has 28 heavy (non-hydrogen) atoms. The zero-order chi connectivity index (χ0) is 19.5. The minimum atomic E-state index is -0.358. The highest BCUT2D eigenvalue weighted by Gasteiger charge is 2.22. The van der Waals surface area contributed by atoms with Crippen molar-refractivity contribution in [3.05, 3.63) is 77.2 Å². The van der Waals surface area contributed by atoms with Gasteiger partial charge in [0.25, 0.3) is 0 Å². The van der Waals surface area contributed by atoms with Gasteiger partial charge in [-0.1, -0.05) is 35.0 Å². The fourth-order valence-electron chi connectivity index (χ4n) is 2.81. The van der Waals surface area contributed by atoms with Gasteiger partial charge in [0.2, 0.25) is 11.8 Å². The Labute approximate surface area is 164 Å². The Morgan fingerprint density at radius 2 is 1.93 bits per heavy atom. The van der Waals surface area contributed by atoms with Crippen molar-refractivity contribution < 1.29 is 13.7 Å². The van der Waals surface area contributed by atoms with E-state index in [2.05, 4.69) is 20.7 Å². The molecule has 4 rings (SSSR count). The number of aromatic amines is 1. The lowest BCUT2D eigenvalue weighted by molar-refractivity contribution is -0.115. The molecule has 0 saturated heterocycles. The van der Waals surface area contributed by atoms with Crippen molar-refractivity contribution in [3.8, 4) is 22.5 Å². The summed E-state index contributed by atoms with van der Waals surface area (Å²) in [6.07, 6.45) is 1.65. The molecule has 8 heteroatoms. The van der Waals surface area contributed by atoms with E-state index in [1.807, 2.05) is 6.07 Å².